The maximum Gasteiger partial charge on any atom is 0.263 e. The summed E-state index contributed by atoms with van der Waals surface area (Å²) in [6.45, 7) is 0.240. The Bertz CT molecular complexity index is 963. The first-order valence-electron chi connectivity index (χ1n) is 8.55. The summed E-state index contributed by atoms with van der Waals surface area (Å²) in [6, 6.07) is 8.94. The van der Waals surface area contributed by atoms with E-state index in [1.54, 1.807) is 30.3 Å². The van der Waals surface area contributed by atoms with Crippen LogP contribution in [0, 0.1) is 5.82 Å². The van der Waals surface area contributed by atoms with Gasteiger partial charge in [0.05, 0.1) is 26.5 Å². The molecule has 4 rings (SSSR count). The third kappa shape index (κ3) is 2.84. The van der Waals surface area contributed by atoms with Crippen molar-refractivity contribution in [2.75, 3.05) is 19.1 Å². The molecule has 28 heavy (non-hydrogen) atoms. The molecule has 0 spiro atoms. The lowest BCUT2D eigenvalue weighted by atomic mass is 10.1. The first kappa shape index (κ1) is 17.9. The van der Waals surface area contributed by atoms with Crippen molar-refractivity contribution in [3.8, 4) is 11.5 Å². The highest BCUT2D eigenvalue weighted by molar-refractivity contribution is 6.25. The van der Waals surface area contributed by atoms with Gasteiger partial charge < -0.3 is 9.47 Å². The minimum Gasteiger partial charge on any atom is -0.493 e. The van der Waals surface area contributed by atoms with E-state index in [9.17, 15) is 14.0 Å². The second-order valence-corrected chi connectivity index (χ2v) is 6.37. The minimum atomic E-state index is -0.902. The molecule has 2 aromatic carbocycles. The first-order valence-corrected chi connectivity index (χ1v) is 8.55. The molecule has 0 bridgehead atoms. The van der Waals surface area contributed by atoms with Gasteiger partial charge >= 0.3 is 0 Å². The summed E-state index contributed by atoms with van der Waals surface area (Å²) >= 11 is 0. The Morgan fingerprint density at radius 3 is 2.39 bits per heavy atom. The molecule has 2 amide bonds. The van der Waals surface area contributed by atoms with Gasteiger partial charge in [-0.25, -0.2) is 9.29 Å². The molecule has 0 radical (unpaired) electrons. The number of hydrogen-bond donors (Lipinski definition) is 0. The molecule has 2 aromatic rings. The van der Waals surface area contributed by atoms with Crippen LogP contribution in [-0.4, -0.2) is 43.1 Å². The summed E-state index contributed by atoms with van der Waals surface area (Å²) in [7, 11) is 2.98. The molecule has 144 valence electrons. The van der Waals surface area contributed by atoms with Crippen molar-refractivity contribution in [2.45, 2.75) is 18.6 Å². The summed E-state index contributed by atoms with van der Waals surface area (Å²) in [6.07, 6.45) is 0. The molecule has 2 atom stereocenters. The molecule has 0 saturated carbocycles. The number of carbonyl (C=O) groups excluding carboxylic acids is 2. The van der Waals surface area contributed by atoms with Gasteiger partial charge in [-0.05, 0) is 29.8 Å². The predicted molar refractivity (Wildman–Crippen MR) is 96.4 cm³/mol. The number of halogens is 1. The van der Waals surface area contributed by atoms with Crippen molar-refractivity contribution in [1.29, 1.82) is 0 Å². The summed E-state index contributed by atoms with van der Waals surface area (Å²) in [4.78, 5) is 26.9. The second kappa shape index (κ2) is 6.91. The molecule has 8 nitrogen and oxygen atoms in total. The fourth-order valence-corrected chi connectivity index (χ4v) is 3.35. The lowest BCUT2D eigenvalue weighted by Gasteiger charge is -2.21. The number of rotatable bonds is 5. The van der Waals surface area contributed by atoms with Gasteiger partial charge in [-0.3, -0.25) is 14.6 Å². The standard InChI is InChI=1S/C19H17FN4O4/c1-27-14-8-7-13(9-15(14)28-2)24-18(25)16-17(19(24)26)23(22-21-16)10-11-3-5-12(20)6-4-11/h3-9,16-17H,10H2,1-2H3/t16-,17-/m1/s1. The van der Waals surface area contributed by atoms with E-state index in [0.717, 1.165) is 10.5 Å². The Kier molecular flexibility index (Phi) is 4.42. The monoisotopic (exact) mass is 384 g/mol. The zero-order chi connectivity index (χ0) is 19.8. The molecular formula is C19H17FN4O4. The minimum absolute atomic E-state index is 0.240. The zero-order valence-corrected chi connectivity index (χ0v) is 15.2. The van der Waals surface area contributed by atoms with Gasteiger partial charge in [0, 0.05) is 6.07 Å². The number of hydrogen-bond acceptors (Lipinski definition) is 7. The van der Waals surface area contributed by atoms with Crippen LogP contribution in [0.4, 0.5) is 10.1 Å². The highest BCUT2D eigenvalue weighted by Crippen LogP contribution is 2.36. The SMILES string of the molecule is COc1ccc(N2C(=O)[C@@H]3N=NN(Cc4ccc(F)cc4)[C@H]3C2=O)cc1OC. The van der Waals surface area contributed by atoms with Crippen LogP contribution in [0.25, 0.3) is 0 Å². The third-order valence-electron chi connectivity index (χ3n) is 4.74. The number of amides is 2. The number of fused-ring (bicyclic) bond motifs is 1. The quantitative estimate of drug-likeness (QED) is 0.739. The number of benzene rings is 2. The van der Waals surface area contributed by atoms with Crippen LogP contribution in [0.3, 0.4) is 0 Å². The van der Waals surface area contributed by atoms with Crippen molar-refractivity contribution < 1.29 is 23.5 Å². The van der Waals surface area contributed by atoms with Gasteiger partial charge in [0.1, 0.15) is 5.82 Å². The van der Waals surface area contributed by atoms with Crippen LogP contribution in [0.5, 0.6) is 11.5 Å². The van der Waals surface area contributed by atoms with Crippen LogP contribution in [0.2, 0.25) is 0 Å². The summed E-state index contributed by atoms with van der Waals surface area (Å²) < 4.78 is 23.5. The van der Waals surface area contributed by atoms with Crippen molar-refractivity contribution in [1.82, 2.24) is 5.01 Å². The van der Waals surface area contributed by atoms with Gasteiger partial charge in [-0.1, -0.05) is 17.4 Å². The smallest absolute Gasteiger partial charge is 0.263 e. The van der Waals surface area contributed by atoms with Gasteiger partial charge in [0.2, 0.25) is 0 Å². The Morgan fingerprint density at radius 2 is 1.71 bits per heavy atom. The van der Waals surface area contributed by atoms with E-state index in [2.05, 4.69) is 10.3 Å². The van der Waals surface area contributed by atoms with Crippen molar-refractivity contribution in [2.24, 2.45) is 10.3 Å². The zero-order valence-electron chi connectivity index (χ0n) is 15.2. The van der Waals surface area contributed by atoms with Crippen LogP contribution in [0.1, 0.15) is 5.56 Å². The maximum absolute atomic E-state index is 13.1. The summed E-state index contributed by atoms with van der Waals surface area (Å²) in [5.74, 6) is -0.330. The fourth-order valence-electron chi connectivity index (χ4n) is 3.35. The Morgan fingerprint density at radius 1 is 1.00 bits per heavy atom. The van der Waals surface area contributed by atoms with Gasteiger partial charge in [-0.15, -0.1) is 0 Å². The summed E-state index contributed by atoms with van der Waals surface area (Å²) in [5, 5.41) is 9.42. The molecular weight excluding hydrogens is 367 g/mol. The number of imide groups is 1. The third-order valence-corrected chi connectivity index (χ3v) is 4.74. The normalized spacial score (nSPS) is 20.7. The van der Waals surface area contributed by atoms with Gasteiger partial charge in [-0.2, -0.15) is 5.11 Å². The number of methoxy groups -OCH3 is 2. The highest BCUT2D eigenvalue weighted by atomic mass is 19.1. The van der Waals surface area contributed by atoms with Crippen molar-refractivity contribution >= 4 is 17.5 Å². The topological polar surface area (TPSA) is 83.8 Å². The average molecular weight is 384 g/mol. The predicted octanol–water partition coefficient (Wildman–Crippen LogP) is 2.34. The molecule has 1 saturated heterocycles. The Balaban J connectivity index is 1.60. The second-order valence-electron chi connectivity index (χ2n) is 6.37. The van der Waals surface area contributed by atoms with Gasteiger partial charge in [0.15, 0.2) is 23.6 Å². The molecule has 2 heterocycles. The molecule has 0 N–H and O–H groups in total. The van der Waals surface area contributed by atoms with E-state index >= 15 is 0 Å². The van der Waals surface area contributed by atoms with E-state index in [1.807, 2.05) is 0 Å². The largest absolute Gasteiger partial charge is 0.493 e. The molecule has 0 aliphatic carbocycles. The van der Waals surface area contributed by atoms with Crippen molar-refractivity contribution in [3.63, 3.8) is 0 Å². The fraction of sp³-hybridized carbons (Fsp3) is 0.263. The Labute approximate surface area is 160 Å². The number of anilines is 1. The van der Waals surface area contributed by atoms with E-state index < -0.39 is 23.9 Å². The van der Waals surface area contributed by atoms with Gasteiger partial charge in [0.25, 0.3) is 11.8 Å². The molecule has 9 heteroatoms. The molecule has 0 unspecified atom stereocenters. The highest BCUT2D eigenvalue weighted by Gasteiger charge is 2.54. The first-order chi connectivity index (χ1) is 13.5. The Hall–Kier alpha value is -3.49. The number of nitrogens with zero attached hydrogens (tertiary/aromatic N) is 4. The molecule has 2 aliphatic rings. The molecule has 2 aliphatic heterocycles. The average Bonchev–Trinajstić information content (AvgIpc) is 3.23. The number of ether oxygens (including phenoxy) is 2. The van der Waals surface area contributed by atoms with Crippen LogP contribution in [0.15, 0.2) is 52.8 Å². The summed E-state index contributed by atoms with van der Waals surface area (Å²) in [5.41, 5.74) is 1.13. The van der Waals surface area contributed by atoms with E-state index in [-0.39, 0.29) is 12.4 Å². The lowest BCUT2D eigenvalue weighted by molar-refractivity contribution is -0.123. The number of carbonyl (C=O) groups is 2. The lowest BCUT2D eigenvalue weighted by Crippen LogP contribution is -2.39. The molecule has 0 aromatic heterocycles. The van der Waals surface area contributed by atoms with E-state index in [1.165, 1.54) is 31.4 Å². The van der Waals surface area contributed by atoms with E-state index in [0.29, 0.717) is 17.2 Å². The van der Waals surface area contributed by atoms with Crippen molar-refractivity contribution in [3.05, 3.63) is 53.8 Å². The maximum atomic E-state index is 13.1. The van der Waals surface area contributed by atoms with Crippen LogP contribution < -0.4 is 14.4 Å². The molecule has 1 fully saturated rings. The van der Waals surface area contributed by atoms with Crippen LogP contribution in [-0.2, 0) is 16.1 Å². The van der Waals surface area contributed by atoms with E-state index in [4.69, 9.17) is 9.47 Å². The van der Waals surface area contributed by atoms with Crippen LogP contribution >= 0.6 is 0 Å².